The molecule has 1 aromatic rings. The lowest BCUT2D eigenvalue weighted by Gasteiger charge is -2.47. The first-order chi connectivity index (χ1) is 13.7. The highest BCUT2D eigenvalue weighted by Crippen LogP contribution is 2.44. The normalized spacial score (nSPS) is 28.8. The number of piperidine rings is 1. The van der Waals surface area contributed by atoms with Crippen molar-refractivity contribution in [3.8, 4) is 11.5 Å². The van der Waals surface area contributed by atoms with E-state index in [1.54, 1.807) is 7.11 Å². The summed E-state index contributed by atoms with van der Waals surface area (Å²) in [5.41, 5.74) is 2.65. The number of hydrogen-bond acceptors (Lipinski definition) is 5. The Morgan fingerprint density at radius 3 is 2.59 bits per heavy atom. The molecule has 2 fully saturated rings. The number of hydrogen-bond donors (Lipinski definition) is 1. The minimum absolute atomic E-state index is 0.138. The largest absolute Gasteiger partial charge is 0.493 e. The molecule has 2 aliphatic heterocycles. The smallest absolute Gasteiger partial charge is 0.161 e. The maximum Gasteiger partial charge on any atom is 0.161 e. The first-order valence-electron chi connectivity index (χ1n) is 11.1. The topological polar surface area (TPSA) is 51.2 Å². The molecule has 1 saturated carbocycles. The van der Waals surface area contributed by atoms with Gasteiger partial charge in [0.1, 0.15) is 0 Å². The monoisotopic (exact) mass is 403 g/mol. The second kappa shape index (κ2) is 7.75. The van der Waals surface area contributed by atoms with Gasteiger partial charge in [-0.1, -0.05) is 13.3 Å². The van der Waals surface area contributed by atoms with Gasteiger partial charge in [0.2, 0.25) is 0 Å². The Balaban J connectivity index is 1.52. The zero-order valence-electron chi connectivity index (χ0n) is 18.7. The lowest BCUT2D eigenvalue weighted by Crippen LogP contribution is -2.53. The molecule has 5 heteroatoms. The van der Waals surface area contributed by atoms with Gasteiger partial charge in [0.05, 0.1) is 31.5 Å². The van der Waals surface area contributed by atoms with Crippen molar-refractivity contribution in [2.75, 3.05) is 26.8 Å². The third kappa shape index (κ3) is 4.42. The zero-order valence-corrected chi connectivity index (χ0v) is 18.7. The van der Waals surface area contributed by atoms with Crippen LogP contribution in [-0.4, -0.2) is 54.6 Å². The Kier molecular flexibility index (Phi) is 5.60. The van der Waals surface area contributed by atoms with Crippen molar-refractivity contribution in [1.29, 1.82) is 0 Å². The lowest BCUT2D eigenvalue weighted by atomic mass is 9.71. The summed E-state index contributed by atoms with van der Waals surface area (Å²) in [5, 5.41) is 10.8. The van der Waals surface area contributed by atoms with Crippen molar-refractivity contribution in [3.05, 3.63) is 23.3 Å². The maximum absolute atomic E-state index is 10.8. The number of fused-ring (bicyclic) bond motifs is 3. The van der Waals surface area contributed by atoms with E-state index in [1.165, 1.54) is 30.4 Å². The molecular formula is C24H37NO4. The molecular weight excluding hydrogens is 366 g/mol. The molecule has 0 amide bonds. The Bertz CT molecular complexity index is 737. The number of benzene rings is 1. The summed E-state index contributed by atoms with van der Waals surface area (Å²) in [5.74, 6) is 1.66. The first kappa shape index (κ1) is 21.0. The summed E-state index contributed by atoms with van der Waals surface area (Å²) in [7, 11) is 1.71. The fourth-order valence-corrected chi connectivity index (χ4v) is 5.01. The maximum atomic E-state index is 10.8. The van der Waals surface area contributed by atoms with Gasteiger partial charge in [-0.15, -0.1) is 0 Å². The molecule has 1 aromatic carbocycles. The summed E-state index contributed by atoms with van der Waals surface area (Å²) in [6.45, 7) is 11.0. The first-order valence-corrected chi connectivity index (χ1v) is 11.1. The summed E-state index contributed by atoms with van der Waals surface area (Å²) >= 11 is 0. The van der Waals surface area contributed by atoms with Crippen LogP contribution in [0.15, 0.2) is 12.1 Å². The highest BCUT2D eigenvalue weighted by atomic mass is 16.5. The van der Waals surface area contributed by atoms with Gasteiger partial charge < -0.3 is 19.3 Å². The van der Waals surface area contributed by atoms with Crippen LogP contribution >= 0.6 is 0 Å². The van der Waals surface area contributed by atoms with E-state index < -0.39 is 6.10 Å². The number of aliphatic hydroxyl groups is 1. The fourth-order valence-electron chi connectivity index (χ4n) is 5.01. The molecule has 0 bridgehead atoms. The van der Waals surface area contributed by atoms with Crippen LogP contribution in [0.5, 0.6) is 11.5 Å². The molecule has 29 heavy (non-hydrogen) atoms. The second-order valence-electron chi connectivity index (χ2n) is 10.5. The predicted octanol–water partition coefficient (Wildman–Crippen LogP) is 4.11. The van der Waals surface area contributed by atoms with E-state index in [1.807, 2.05) is 20.8 Å². The van der Waals surface area contributed by atoms with Crippen LogP contribution in [0.3, 0.4) is 0 Å². The fraction of sp³-hybridized carbons (Fsp3) is 0.750. The number of methoxy groups -OCH3 is 1. The number of aliphatic hydroxyl groups excluding tert-OH is 1. The minimum atomic E-state index is -0.457. The van der Waals surface area contributed by atoms with E-state index in [4.69, 9.17) is 14.2 Å². The molecule has 3 atom stereocenters. The highest BCUT2D eigenvalue weighted by Gasteiger charge is 2.40. The minimum Gasteiger partial charge on any atom is -0.493 e. The average molecular weight is 404 g/mol. The summed E-state index contributed by atoms with van der Waals surface area (Å²) in [6, 6.07) is 4.53. The van der Waals surface area contributed by atoms with E-state index in [2.05, 4.69) is 24.0 Å². The van der Waals surface area contributed by atoms with Crippen LogP contribution in [0.2, 0.25) is 0 Å². The standard InChI is InChI=1S/C24H37NO4/c1-23(2,3)29-22-14-25-10-7-16-11-21(28-15-24(4)8-6-9-24)20(27-5)12-17(16)18(25)13-19(22)26/h11-12,18-19,22,26H,6-10,13-15H2,1-5H3/t18-,19-,22-/m1/s1. The Morgan fingerprint density at radius 1 is 1.21 bits per heavy atom. The number of ether oxygens (including phenoxy) is 3. The molecule has 5 nitrogen and oxygen atoms in total. The molecule has 3 aliphatic rings. The Morgan fingerprint density at radius 2 is 1.97 bits per heavy atom. The van der Waals surface area contributed by atoms with E-state index in [0.717, 1.165) is 37.6 Å². The van der Waals surface area contributed by atoms with Crippen molar-refractivity contribution in [2.45, 2.75) is 83.6 Å². The van der Waals surface area contributed by atoms with Crippen molar-refractivity contribution in [2.24, 2.45) is 5.41 Å². The molecule has 0 unspecified atom stereocenters. The SMILES string of the molecule is COc1cc2c(cc1OCC1(C)CCC1)CCN1C[C@@H](OC(C)(C)C)[C@H](O)C[C@H]21. The van der Waals surface area contributed by atoms with E-state index in [9.17, 15) is 5.11 Å². The van der Waals surface area contributed by atoms with Crippen LogP contribution in [0, 0.1) is 5.41 Å². The second-order valence-corrected chi connectivity index (χ2v) is 10.5. The molecule has 4 rings (SSSR count). The van der Waals surface area contributed by atoms with Gasteiger partial charge in [-0.2, -0.15) is 0 Å². The van der Waals surface area contributed by atoms with Gasteiger partial charge in [-0.25, -0.2) is 0 Å². The van der Waals surface area contributed by atoms with E-state index in [0.29, 0.717) is 11.8 Å². The summed E-state index contributed by atoms with van der Waals surface area (Å²) < 4.78 is 18.0. The van der Waals surface area contributed by atoms with Crippen molar-refractivity contribution in [3.63, 3.8) is 0 Å². The van der Waals surface area contributed by atoms with Gasteiger partial charge >= 0.3 is 0 Å². The van der Waals surface area contributed by atoms with Gasteiger partial charge in [-0.3, -0.25) is 4.90 Å². The van der Waals surface area contributed by atoms with Crippen LogP contribution in [0.25, 0.3) is 0 Å². The third-order valence-electron chi connectivity index (χ3n) is 6.84. The van der Waals surface area contributed by atoms with E-state index >= 15 is 0 Å². The quantitative estimate of drug-likeness (QED) is 0.802. The van der Waals surface area contributed by atoms with Crippen molar-refractivity contribution < 1.29 is 19.3 Å². The Labute approximate surface area is 175 Å². The zero-order chi connectivity index (χ0) is 20.8. The van der Waals surface area contributed by atoms with Crippen molar-refractivity contribution >= 4 is 0 Å². The van der Waals surface area contributed by atoms with Crippen LogP contribution in [0.1, 0.15) is 70.5 Å². The lowest BCUT2D eigenvalue weighted by molar-refractivity contribution is -0.149. The summed E-state index contributed by atoms with van der Waals surface area (Å²) in [6.07, 6.45) is 4.88. The van der Waals surface area contributed by atoms with Crippen molar-refractivity contribution in [1.82, 2.24) is 4.90 Å². The Hall–Kier alpha value is -1.30. The molecule has 1 N–H and O–H groups in total. The molecule has 0 spiro atoms. The average Bonchev–Trinajstić information content (AvgIpc) is 2.63. The molecule has 0 radical (unpaired) electrons. The highest BCUT2D eigenvalue weighted by molar-refractivity contribution is 5.49. The van der Waals surface area contributed by atoms with Gasteiger partial charge in [0.15, 0.2) is 11.5 Å². The number of nitrogens with zero attached hydrogens (tertiary/aromatic N) is 1. The van der Waals surface area contributed by atoms with Gasteiger partial charge in [0.25, 0.3) is 0 Å². The molecule has 0 aromatic heterocycles. The predicted molar refractivity (Wildman–Crippen MR) is 114 cm³/mol. The molecule has 2 heterocycles. The number of rotatable bonds is 5. The molecule has 1 aliphatic carbocycles. The van der Waals surface area contributed by atoms with Crippen LogP contribution in [0.4, 0.5) is 0 Å². The molecule has 1 saturated heterocycles. The van der Waals surface area contributed by atoms with Crippen LogP contribution in [-0.2, 0) is 11.2 Å². The third-order valence-corrected chi connectivity index (χ3v) is 6.84. The molecule has 162 valence electrons. The summed E-state index contributed by atoms with van der Waals surface area (Å²) in [4.78, 5) is 2.46. The van der Waals surface area contributed by atoms with Gasteiger partial charge in [0, 0.05) is 24.5 Å². The van der Waals surface area contributed by atoms with E-state index in [-0.39, 0.29) is 17.7 Å². The van der Waals surface area contributed by atoms with Gasteiger partial charge in [-0.05, 0) is 69.7 Å². The van der Waals surface area contributed by atoms with Crippen LogP contribution < -0.4 is 9.47 Å².